The first-order valence-corrected chi connectivity index (χ1v) is 11.8. The van der Waals surface area contributed by atoms with Crippen LogP contribution in [0.1, 0.15) is 53.4 Å². The van der Waals surface area contributed by atoms with Crippen LogP contribution in [0.4, 0.5) is 4.39 Å². The fraction of sp³-hybridized carbons (Fsp3) is 0.375. The maximum atomic E-state index is 13.3. The van der Waals surface area contributed by atoms with Gasteiger partial charge in [0.1, 0.15) is 16.9 Å². The highest BCUT2D eigenvalue weighted by molar-refractivity contribution is 6.32. The third-order valence-corrected chi connectivity index (χ3v) is 6.32. The monoisotopic (exact) mass is 521 g/mol. The van der Waals surface area contributed by atoms with Gasteiger partial charge in [-0.25, -0.2) is 9.37 Å². The van der Waals surface area contributed by atoms with Crippen molar-refractivity contribution in [2.45, 2.75) is 44.6 Å². The van der Waals surface area contributed by atoms with Crippen molar-refractivity contribution in [3.8, 4) is 5.88 Å². The number of Topliss-reactive ketones (excluding diaryl/α,β-unsaturated/α-hetero) is 1. The lowest BCUT2D eigenvalue weighted by atomic mass is 9.87. The Balaban J connectivity index is 1.33. The highest BCUT2D eigenvalue weighted by Crippen LogP contribution is 2.31. The summed E-state index contributed by atoms with van der Waals surface area (Å²) < 4.78 is 29.5. The number of aromatic nitrogens is 3. The minimum Gasteiger partial charge on any atom is -0.473 e. The molecule has 0 spiro atoms. The van der Waals surface area contributed by atoms with Crippen LogP contribution in [-0.2, 0) is 22.4 Å². The molecule has 2 aromatic heterocycles. The molecule has 11 heteroatoms. The summed E-state index contributed by atoms with van der Waals surface area (Å²) >= 11 is 12.1. The number of rotatable bonds is 8. The molecule has 184 valence electrons. The summed E-state index contributed by atoms with van der Waals surface area (Å²) in [5.74, 6) is -0.871. The molecule has 0 radical (unpaired) electrons. The first kappa shape index (κ1) is 25.1. The third kappa shape index (κ3) is 6.35. The molecular formula is C24H22Cl2FN3O5. The average Bonchev–Trinajstić information content (AvgIpc) is 3.32. The van der Waals surface area contributed by atoms with Gasteiger partial charge in [0, 0.05) is 12.6 Å². The van der Waals surface area contributed by atoms with E-state index in [0.29, 0.717) is 36.8 Å². The molecule has 3 aromatic rings. The molecule has 8 nitrogen and oxygen atoms in total. The molecule has 1 saturated carbocycles. The number of halogens is 3. The number of methoxy groups -OCH3 is 1. The lowest BCUT2D eigenvalue weighted by Crippen LogP contribution is -2.28. The third-order valence-electron chi connectivity index (χ3n) is 5.76. The highest BCUT2D eigenvalue weighted by atomic mass is 35.5. The van der Waals surface area contributed by atoms with E-state index in [1.165, 1.54) is 25.4 Å². The van der Waals surface area contributed by atoms with E-state index in [-0.39, 0.29) is 58.5 Å². The minimum absolute atomic E-state index is 0.0102. The molecule has 35 heavy (non-hydrogen) atoms. The van der Waals surface area contributed by atoms with Crippen LogP contribution in [0.5, 0.6) is 5.88 Å². The Morgan fingerprint density at radius 3 is 2.51 bits per heavy atom. The van der Waals surface area contributed by atoms with E-state index in [0.717, 1.165) is 0 Å². The van der Waals surface area contributed by atoms with Crippen LogP contribution >= 0.6 is 23.2 Å². The second-order valence-electron chi connectivity index (χ2n) is 8.27. The fourth-order valence-electron chi connectivity index (χ4n) is 3.91. The quantitative estimate of drug-likeness (QED) is 0.300. The van der Waals surface area contributed by atoms with Gasteiger partial charge in [0.2, 0.25) is 17.6 Å². The van der Waals surface area contributed by atoms with E-state index in [4.69, 9.17) is 37.1 Å². The van der Waals surface area contributed by atoms with Crippen molar-refractivity contribution in [3.05, 3.63) is 69.2 Å². The van der Waals surface area contributed by atoms with Crippen molar-refractivity contribution < 1.29 is 27.9 Å². The van der Waals surface area contributed by atoms with Crippen molar-refractivity contribution in [1.82, 2.24) is 15.2 Å². The molecule has 0 aliphatic heterocycles. The second kappa shape index (κ2) is 11.1. The number of carbonyl (C=O) groups is 2. The summed E-state index contributed by atoms with van der Waals surface area (Å²) in [6, 6.07) is 5.87. The SMILES string of the molecule is COC(=O)C1CCC(Oc2ncc(CC(=O)c3nnc(Cc4ccc(F)c(Cl)c4)o3)cc2Cl)CC1. The van der Waals surface area contributed by atoms with E-state index in [9.17, 15) is 14.0 Å². The Morgan fingerprint density at radius 2 is 1.83 bits per heavy atom. The Bertz CT molecular complexity index is 1230. The molecular weight excluding hydrogens is 500 g/mol. The van der Waals surface area contributed by atoms with Crippen LogP contribution in [0.25, 0.3) is 0 Å². The number of hydrogen-bond acceptors (Lipinski definition) is 8. The van der Waals surface area contributed by atoms with Crippen LogP contribution < -0.4 is 4.74 Å². The molecule has 1 aromatic carbocycles. The van der Waals surface area contributed by atoms with Crippen molar-refractivity contribution in [3.63, 3.8) is 0 Å². The summed E-state index contributed by atoms with van der Waals surface area (Å²) in [7, 11) is 1.39. The van der Waals surface area contributed by atoms with Gasteiger partial charge in [0.25, 0.3) is 5.89 Å². The van der Waals surface area contributed by atoms with Gasteiger partial charge in [-0.2, -0.15) is 0 Å². The van der Waals surface area contributed by atoms with E-state index in [1.807, 2.05) is 0 Å². The van der Waals surface area contributed by atoms with Crippen molar-refractivity contribution in [2.24, 2.45) is 5.92 Å². The topological polar surface area (TPSA) is 104 Å². The average molecular weight is 522 g/mol. The van der Waals surface area contributed by atoms with Crippen LogP contribution in [0, 0.1) is 11.7 Å². The Hall–Kier alpha value is -3.04. The Labute approximate surface area is 210 Å². The molecule has 4 rings (SSSR count). The normalized spacial score (nSPS) is 17.7. The molecule has 1 aliphatic carbocycles. The number of ether oxygens (including phenoxy) is 2. The zero-order chi connectivity index (χ0) is 24.9. The van der Waals surface area contributed by atoms with Gasteiger partial charge in [-0.15, -0.1) is 10.2 Å². The number of hydrogen-bond donors (Lipinski definition) is 0. The zero-order valence-electron chi connectivity index (χ0n) is 18.8. The maximum Gasteiger partial charge on any atom is 0.308 e. The first-order chi connectivity index (χ1) is 16.8. The highest BCUT2D eigenvalue weighted by Gasteiger charge is 2.28. The van der Waals surface area contributed by atoms with Crippen LogP contribution in [0.15, 0.2) is 34.9 Å². The smallest absolute Gasteiger partial charge is 0.308 e. The lowest BCUT2D eigenvalue weighted by Gasteiger charge is -2.27. The van der Waals surface area contributed by atoms with Gasteiger partial charge in [0.15, 0.2) is 0 Å². The van der Waals surface area contributed by atoms with Crippen LogP contribution in [0.2, 0.25) is 10.0 Å². The maximum absolute atomic E-state index is 13.3. The molecule has 0 bridgehead atoms. The molecule has 0 amide bonds. The van der Waals surface area contributed by atoms with Gasteiger partial charge in [0.05, 0.1) is 24.5 Å². The van der Waals surface area contributed by atoms with Crippen molar-refractivity contribution in [1.29, 1.82) is 0 Å². The van der Waals surface area contributed by atoms with Gasteiger partial charge in [-0.3, -0.25) is 9.59 Å². The first-order valence-electron chi connectivity index (χ1n) is 11.0. The lowest BCUT2D eigenvalue weighted by molar-refractivity contribution is -0.147. The summed E-state index contributed by atoms with van der Waals surface area (Å²) in [5, 5.41) is 7.96. The van der Waals surface area contributed by atoms with Gasteiger partial charge in [-0.05, 0) is 55.0 Å². The van der Waals surface area contributed by atoms with Crippen LogP contribution in [-0.4, -0.2) is 40.1 Å². The Kier molecular flexibility index (Phi) is 7.97. The van der Waals surface area contributed by atoms with Gasteiger partial charge in [-0.1, -0.05) is 29.3 Å². The number of ketones is 1. The molecule has 0 atom stereocenters. The summed E-state index contributed by atoms with van der Waals surface area (Å²) in [5.41, 5.74) is 1.23. The predicted octanol–water partition coefficient (Wildman–Crippen LogP) is 5.04. The van der Waals surface area contributed by atoms with E-state index < -0.39 is 11.6 Å². The summed E-state index contributed by atoms with van der Waals surface area (Å²) in [6.07, 6.45) is 4.34. The summed E-state index contributed by atoms with van der Waals surface area (Å²) in [4.78, 5) is 28.5. The number of pyridine rings is 1. The molecule has 0 N–H and O–H groups in total. The minimum atomic E-state index is -0.522. The standard InChI is InChI=1S/C24H22Cl2FN3O5/c1-33-24(32)15-3-5-16(6-4-15)34-22-18(26)9-14(12-28-22)10-20(31)23-30-29-21(35-23)11-13-2-7-19(27)17(25)8-13/h2,7-9,12,15-16H,3-6,10-11H2,1H3. The van der Waals surface area contributed by atoms with Gasteiger partial charge >= 0.3 is 5.97 Å². The molecule has 1 aliphatic rings. The van der Waals surface area contributed by atoms with Crippen molar-refractivity contribution >= 4 is 35.0 Å². The molecule has 0 saturated heterocycles. The van der Waals surface area contributed by atoms with Crippen LogP contribution in [0.3, 0.4) is 0 Å². The number of carbonyl (C=O) groups excluding carboxylic acids is 2. The molecule has 1 fully saturated rings. The zero-order valence-corrected chi connectivity index (χ0v) is 20.3. The predicted molar refractivity (Wildman–Crippen MR) is 124 cm³/mol. The van der Waals surface area contributed by atoms with Gasteiger partial charge < -0.3 is 13.9 Å². The number of esters is 1. The number of benzene rings is 1. The molecule has 2 heterocycles. The Morgan fingerprint density at radius 1 is 1.09 bits per heavy atom. The van der Waals surface area contributed by atoms with Crippen molar-refractivity contribution in [2.75, 3.05) is 7.11 Å². The second-order valence-corrected chi connectivity index (χ2v) is 9.09. The number of nitrogens with zero attached hydrogens (tertiary/aromatic N) is 3. The van der Waals surface area contributed by atoms with E-state index in [1.54, 1.807) is 12.1 Å². The van der Waals surface area contributed by atoms with E-state index in [2.05, 4.69) is 15.2 Å². The van der Waals surface area contributed by atoms with E-state index >= 15 is 0 Å². The fourth-order valence-corrected chi connectivity index (χ4v) is 4.35. The largest absolute Gasteiger partial charge is 0.473 e. The summed E-state index contributed by atoms with van der Waals surface area (Å²) in [6.45, 7) is 0. The molecule has 0 unspecified atom stereocenters.